The second-order valence-electron chi connectivity index (χ2n) is 5.75. The summed E-state index contributed by atoms with van der Waals surface area (Å²) in [6.45, 7) is 0. The minimum atomic E-state index is -0.111. The van der Waals surface area contributed by atoms with Crippen LogP contribution in [0.4, 0.5) is 0 Å². The third-order valence-electron chi connectivity index (χ3n) is 4.54. The van der Waals surface area contributed by atoms with Gasteiger partial charge in [0.25, 0.3) is 0 Å². The highest BCUT2D eigenvalue weighted by Gasteiger charge is 2.57. The normalized spacial score (nSPS) is 55.3. The summed E-state index contributed by atoms with van der Waals surface area (Å²) >= 11 is 0. The van der Waals surface area contributed by atoms with Gasteiger partial charge in [0, 0.05) is 11.1 Å². The van der Waals surface area contributed by atoms with Crippen LogP contribution < -0.4 is 11.0 Å². The second-order valence-corrected chi connectivity index (χ2v) is 5.75. The third kappa shape index (κ3) is 1.08. The van der Waals surface area contributed by atoms with Crippen molar-refractivity contribution < 1.29 is 10.4 Å². The molecule has 4 heteroatoms. The highest BCUT2D eigenvalue weighted by Crippen LogP contribution is 2.57. The summed E-state index contributed by atoms with van der Waals surface area (Å²) in [5.41, 5.74) is 4.81. The Morgan fingerprint density at radius 2 is 1.29 bits per heavy atom. The second kappa shape index (κ2) is 2.70. The van der Waals surface area contributed by atoms with Gasteiger partial charge in [-0.1, -0.05) is 0 Å². The zero-order valence-corrected chi connectivity index (χ0v) is 8.29. The standard InChI is InChI=1S/C10H18N2O2/c13-11-9-2-7-1-8(4-9)5-10(3-7,6-9)12-14/h7-8,11-14H,1-6H2. The van der Waals surface area contributed by atoms with E-state index in [4.69, 9.17) is 0 Å². The van der Waals surface area contributed by atoms with Gasteiger partial charge >= 0.3 is 0 Å². The summed E-state index contributed by atoms with van der Waals surface area (Å²) in [6.07, 6.45) is 6.44. The summed E-state index contributed by atoms with van der Waals surface area (Å²) < 4.78 is 0. The van der Waals surface area contributed by atoms with Crippen molar-refractivity contribution in [2.24, 2.45) is 11.8 Å². The van der Waals surface area contributed by atoms with Crippen LogP contribution in [-0.2, 0) is 0 Å². The van der Waals surface area contributed by atoms with E-state index in [2.05, 4.69) is 11.0 Å². The molecule has 4 saturated carbocycles. The minimum absolute atomic E-state index is 0.111. The fourth-order valence-electron chi connectivity index (χ4n) is 4.52. The van der Waals surface area contributed by atoms with Gasteiger partial charge in [-0.15, -0.1) is 0 Å². The third-order valence-corrected chi connectivity index (χ3v) is 4.54. The van der Waals surface area contributed by atoms with Crippen molar-refractivity contribution in [2.75, 3.05) is 0 Å². The zero-order chi connectivity index (χ0) is 9.81. The molecule has 0 aliphatic heterocycles. The summed E-state index contributed by atoms with van der Waals surface area (Å²) in [7, 11) is 0. The van der Waals surface area contributed by atoms with E-state index in [-0.39, 0.29) is 11.1 Å². The van der Waals surface area contributed by atoms with Crippen molar-refractivity contribution in [3.63, 3.8) is 0 Å². The van der Waals surface area contributed by atoms with Crippen molar-refractivity contribution >= 4 is 0 Å². The Labute approximate surface area is 83.6 Å². The number of nitrogens with one attached hydrogen (secondary N) is 2. The Kier molecular flexibility index (Phi) is 1.75. The lowest BCUT2D eigenvalue weighted by molar-refractivity contribution is -0.131. The molecule has 4 nitrogen and oxygen atoms in total. The van der Waals surface area contributed by atoms with Crippen molar-refractivity contribution in [2.45, 2.75) is 49.6 Å². The quantitative estimate of drug-likeness (QED) is 0.500. The molecule has 0 aromatic carbocycles. The van der Waals surface area contributed by atoms with E-state index in [1.165, 1.54) is 6.42 Å². The zero-order valence-electron chi connectivity index (χ0n) is 8.29. The van der Waals surface area contributed by atoms with E-state index < -0.39 is 0 Å². The highest BCUT2D eigenvalue weighted by molar-refractivity contribution is 5.13. The predicted molar refractivity (Wildman–Crippen MR) is 50.0 cm³/mol. The summed E-state index contributed by atoms with van der Waals surface area (Å²) in [5.74, 6) is 1.35. The summed E-state index contributed by atoms with van der Waals surface area (Å²) in [4.78, 5) is 0. The lowest BCUT2D eigenvalue weighted by Gasteiger charge is -2.60. The molecule has 4 bridgehead atoms. The molecule has 0 aromatic heterocycles. The molecule has 14 heavy (non-hydrogen) atoms. The number of hydrogen-bond acceptors (Lipinski definition) is 4. The molecule has 4 fully saturated rings. The van der Waals surface area contributed by atoms with Gasteiger partial charge in [-0.05, 0) is 50.4 Å². The van der Waals surface area contributed by atoms with Crippen LogP contribution in [0.1, 0.15) is 38.5 Å². The SMILES string of the molecule is ONC12CC3CC(C1)CC(NO)(C3)C2. The maximum Gasteiger partial charge on any atom is 0.0453 e. The van der Waals surface area contributed by atoms with Gasteiger partial charge in [0.05, 0.1) is 0 Å². The first kappa shape index (κ1) is 9.09. The van der Waals surface area contributed by atoms with E-state index in [9.17, 15) is 10.4 Å². The first-order chi connectivity index (χ1) is 6.69. The van der Waals surface area contributed by atoms with E-state index in [1.54, 1.807) is 0 Å². The van der Waals surface area contributed by atoms with Crippen LogP contribution in [-0.4, -0.2) is 21.5 Å². The summed E-state index contributed by atoms with van der Waals surface area (Å²) in [5, 5.41) is 18.6. The number of hydroxylamine groups is 2. The van der Waals surface area contributed by atoms with Gasteiger partial charge in [0.1, 0.15) is 0 Å². The number of rotatable bonds is 2. The van der Waals surface area contributed by atoms with Gasteiger partial charge < -0.3 is 10.4 Å². The van der Waals surface area contributed by atoms with Crippen molar-refractivity contribution in [3.8, 4) is 0 Å². The molecule has 0 saturated heterocycles. The first-order valence-corrected chi connectivity index (χ1v) is 5.52. The van der Waals surface area contributed by atoms with Crippen molar-refractivity contribution in [1.29, 1.82) is 0 Å². The Hall–Kier alpha value is -0.160. The lowest BCUT2D eigenvalue weighted by atomic mass is 9.50. The molecule has 0 unspecified atom stereocenters. The summed E-state index contributed by atoms with van der Waals surface area (Å²) in [6, 6.07) is 0. The Morgan fingerprint density at radius 3 is 1.64 bits per heavy atom. The molecule has 0 aromatic rings. The fraction of sp³-hybridized carbons (Fsp3) is 1.00. The van der Waals surface area contributed by atoms with Gasteiger partial charge in [0.2, 0.25) is 0 Å². The maximum atomic E-state index is 9.28. The highest BCUT2D eigenvalue weighted by atomic mass is 16.5. The van der Waals surface area contributed by atoms with Gasteiger partial charge in [-0.2, -0.15) is 11.0 Å². The topological polar surface area (TPSA) is 64.5 Å². The number of hydrogen-bond donors (Lipinski definition) is 4. The van der Waals surface area contributed by atoms with E-state index in [0.29, 0.717) is 11.8 Å². The van der Waals surface area contributed by atoms with E-state index in [1.807, 2.05) is 0 Å². The molecular weight excluding hydrogens is 180 g/mol. The fourth-order valence-corrected chi connectivity index (χ4v) is 4.52. The van der Waals surface area contributed by atoms with Gasteiger partial charge in [0.15, 0.2) is 0 Å². The molecule has 0 spiro atoms. The average Bonchev–Trinajstić information content (AvgIpc) is 2.16. The Morgan fingerprint density at radius 1 is 0.857 bits per heavy atom. The maximum absolute atomic E-state index is 9.28. The minimum Gasteiger partial charge on any atom is -0.316 e. The Bertz CT molecular complexity index is 221. The van der Waals surface area contributed by atoms with Crippen LogP contribution in [0.5, 0.6) is 0 Å². The lowest BCUT2D eigenvalue weighted by Crippen LogP contribution is -2.67. The van der Waals surface area contributed by atoms with Gasteiger partial charge in [-0.3, -0.25) is 0 Å². The van der Waals surface area contributed by atoms with Crippen LogP contribution >= 0.6 is 0 Å². The van der Waals surface area contributed by atoms with Crippen LogP contribution in [0.3, 0.4) is 0 Å². The van der Waals surface area contributed by atoms with Crippen LogP contribution in [0, 0.1) is 11.8 Å². The van der Waals surface area contributed by atoms with E-state index in [0.717, 1.165) is 32.1 Å². The molecule has 0 atom stereocenters. The molecule has 0 radical (unpaired) electrons. The van der Waals surface area contributed by atoms with E-state index >= 15 is 0 Å². The molecule has 4 N–H and O–H groups in total. The van der Waals surface area contributed by atoms with Crippen LogP contribution in [0.2, 0.25) is 0 Å². The Balaban J connectivity index is 1.94. The molecule has 80 valence electrons. The monoisotopic (exact) mass is 198 g/mol. The molecule has 4 rings (SSSR count). The van der Waals surface area contributed by atoms with Gasteiger partial charge in [-0.25, -0.2) is 0 Å². The smallest absolute Gasteiger partial charge is 0.0453 e. The molecule has 4 aliphatic carbocycles. The van der Waals surface area contributed by atoms with Crippen LogP contribution in [0.15, 0.2) is 0 Å². The predicted octanol–water partition coefficient (Wildman–Crippen LogP) is 1.04. The molecule has 0 amide bonds. The molecule has 0 heterocycles. The van der Waals surface area contributed by atoms with Crippen molar-refractivity contribution in [1.82, 2.24) is 11.0 Å². The van der Waals surface area contributed by atoms with Crippen molar-refractivity contribution in [3.05, 3.63) is 0 Å². The molecular formula is C10H18N2O2. The molecule has 4 aliphatic rings. The average molecular weight is 198 g/mol. The van der Waals surface area contributed by atoms with Crippen LogP contribution in [0.25, 0.3) is 0 Å². The largest absolute Gasteiger partial charge is 0.316 e. The first-order valence-electron chi connectivity index (χ1n) is 5.52.